The Kier molecular flexibility index (Phi) is 9.47. The number of β-lactam (4-membered cyclic amide) rings is 1. The third-order valence-corrected chi connectivity index (χ3v) is 6.16. The third-order valence-electron chi connectivity index (χ3n) is 4.86. The maximum absolute atomic E-state index is 12.2. The van der Waals surface area contributed by atoms with Crippen LogP contribution < -0.4 is 11.1 Å². The van der Waals surface area contributed by atoms with Crippen LogP contribution in [0.2, 0.25) is 0 Å². The van der Waals surface area contributed by atoms with Crippen LogP contribution in [0.15, 0.2) is 23.4 Å². The van der Waals surface area contributed by atoms with E-state index in [0.29, 0.717) is 35.3 Å². The number of quaternary nitrogens is 1. The van der Waals surface area contributed by atoms with Gasteiger partial charge in [-0.25, -0.2) is 9.59 Å². The minimum absolute atomic E-state index is 0.0560. The number of carboxylic acid groups (broad SMARTS) is 2. The lowest BCUT2D eigenvalue weighted by Gasteiger charge is -2.48. The molecule has 1 fully saturated rings. The first-order valence-electron chi connectivity index (χ1n) is 9.37. The number of fused-ring (bicyclic) bond motifs is 1. The number of carbonyl (C=O) groups is 5. The SMILES string of the molecule is CC[N+](C)(C/C=C/C1=C(C(=O)O)N2C(=O)[C@@H](NC=O)[C@H]2SC1)CC(N)=O.O=C(O)C(F)(F)F. The summed E-state index contributed by atoms with van der Waals surface area (Å²) in [6.45, 7) is 3.33. The fourth-order valence-electron chi connectivity index (χ4n) is 3.00. The summed E-state index contributed by atoms with van der Waals surface area (Å²) in [5.41, 5.74) is 5.75. The Balaban J connectivity index is 0.000000675. The molecule has 2 rings (SSSR count). The molecule has 0 aromatic carbocycles. The van der Waals surface area contributed by atoms with Gasteiger partial charge in [-0.2, -0.15) is 13.2 Å². The fraction of sp³-hybridized carbons (Fsp3) is 0.500. The lowest BCUT2D eigenvalue weighted by Crippen LogP contribution is -2.69. The first kappa shape index (κ1) is 28.0. The zero-order valence-electron chi connectivity index (χ0n) is 17.7. The van der Waals surface area contributed by atoms with E-state index in [-0.39, 0.29) is 12.2 Å². The van der Waals surface area contributed by atoms with Gasteiger partial charge in [0, 0.05) is 5.75 Å². The number of nitrogens with zero attached hydrogens (tertiary/aromatic N) is 2. The molecular weight excluding hydrogens is 473 g/mol. The van der Waals surface area contributed by atoms with E-state index in [1.165, 1.54) is 16.7 Å². The predicted molar refractivity (Wildman–Crippen MR) is 109 cm³/mol. The number of amides is 3. The van der Waals surface area contributed by atoms with Crippen LogP contribution in [0, 0.1) is 0 Å². The monoisotopic (exact) mass is 497 g/mol. The van der Waals surface area contributed by atoms with Crippen molar-refractivity contribution in [2.75, 3.05) is 32.4 Å². The van der Waals surface area contributed by atoms with Crippen molar-refractivity contribution >= 4 is 41.9 Å². The molecule has 33 heavy (non-hydrogen) atoms. The van der Waals surface area contributed by atoms with Gasteiger partial charge >= 0.3 is 18.1 Å². The summed E-state index contributed by atoms with van der Waals surface area (Å²) in [5, 5.41) is 18.7. The van der Waals surface area contributed by atoms with Crippen LogP contribution in [0.3, 0.4) is 0 Å². The van der Waals surface area contributed by atoms with Crippen LogP contribution in [0.25, 0.3) is 0 Å². The average molecular weight is 497 g/mol. The number of carbonyl (C=O) groups excluding carboxylic acids is 3. The molecule has 0 bridgehead atoms. The van der Waals surface area contributed by atoms with E-state index in [9.17, 15) is 37.5 Å². The number of aliphatic carboxylic acids is 2. The number of halogens is 3. The molecule has 2 heterocycles. The van der Waals surface area contributed by atoms with Gasteiger partial charge < -0.3 is 25.7 Å². The smallest absolute Gasteiger partial charge is 0.477 e. The maximum atomic E-state index is 12.2. The summed E-state index contributed by atoms with van der Waals surface area (Å²) in [5.74, 6) is -4.36. The molecule has 3 atom stereocenters. The van der Waals surface area contributed by atoms with Crippen molar-refractivity contribution in [3.63, 3.8) is 0 Å². The number of likely N-dealkylation sites (N-methyl/N-ethyl adjacent to an activating group) is 1. The number of allylic oxidation sites excluding steroid dienone is 1. The van der Waals surface area contributed by atoms with Crippen LogP contribution in [-0.2, 0) is 24.0 Å². The van der Waals surface area contributed by atoms with Crippen molar-refractivity contribution in [1.82, 2.24) is 10.2 Å². The van der Waals surface area contributed by atoms with Gasteiger partial charge in [-0.1, -0.05) is 6.08 Å². The van der Waals surface area contributed by atoms with Crippen LogP contribution in [0.1, 0.15) is 6.92 Å². The summed E-state index contributed by atoms with van der Waals surface area (Å²) in [4.78, 5) is 55.7. The van der Waals surface area contributed by atoms with E-state index in [2.05, 4.69) is 5.32 Å². The quantitative estimate of drug-likeness (QED) is 0.188. The zero-order chi connectivity index (χ0) is 25.6. The average Bonchev–Trinajstić information content (AvgIpc) is 2.70. The summed E-state index contributed by atoms with van der Waals surface area (Å²) in [6.07, 6.45) is -1.15. The highest BCUT2D eigenvalue weighted by atomic mass is 32.2. The van der Waals surface area contributed by atoms with Crippen LogP contribution in [-0.4, -0.2) is 99.8 Å². The molecule has 1 unspecified atom stereocenters. The minimum Gasteiger partial charge on any atom is -0.477 e. The third kappa shape index (κ3) is 7.21. The number of carboxylic acids is 2. The molecule has 0 aromatic rings. The molecule has 1 saturated heterocycles. The van der Waals surface area contributed by atoms with E-state index in [1.54, 1.807) is 12.2 Å². The normalized spacial score (nSPS) is 21.8. The molecule has 0 aliphatic carbocycles. The Labute approximate surface area is 190 Å². The lowest BCUT2D eigenvalue weighted by atomic mass is 10.0. The molecule has 0 saturated carbocycles. The number of hydrogen-bond donors (Lipinski definition) is 4. The molecule has 0 aromatic heterocycles. The Hall–Kier alpha value is -3.07. The fourth-order valence-corrected chi connectivity index (χ4v) is 4.33. The van der Waals surface area contributed by atoms with Gasteiger partial charge in [0.2, 0.25) is 6.41 Å². The standard InChI is InChI=1S/C16H22N4O5S.C2HF3O2/c1-3-20(2,7-11(17)22)6-4-5-10-8-26-15-12(18-9-21)14(23)19(15)13(10)16(24)25;3-2(4,5)1(6)7/h4-5,9,12,15H,3,6-8H2,1-2H3,(H3-,17,18,21,22,24,25);(H,6,7)/p+1/b5-4+;/t12-,15-,20?;/m1./s1. The summed E-state index contributed by atoms with van der Waals surface area (Å²) < 4.78 is 32.1. The molecule has 2 aliphatic rings. The number of hydrogen-bond acceptors (Lipinski definition) is 6. The van der Waals surface area contributed by atoms with E-state index >= 15 is 0 Å². The number of nitrogens with two attached hydrogens (primary N) is 1. The van der Waals surface area contributed by atoms with Crippen LogP contribution in [0.4, 0.5) is 13.2 Å². The number of thioether (sulfide) groups is 1. The molecular formula is C18H24F3N4O7S+. The number of nitrogens with one attached hydrogen (secondary N) is 1. The van der Waals surface area contributed by atoms with E-state index in [0.717, 1.165) is 0 Å². The molecule has 184 valence electrons. The molecule has 2 aliphatic heterocycles. The summed E-state index contributed by atoms with van der Waals surface area (Å²) in [6, 6.07) is -0.687. The van der Waals surface area contributed by atoms with Crippen molar-refractivity contribution in [1.29, 1.82) is 0 Å². The summed E-state index contributed by atoms with van der Waals surface area (Å²) >= 11 is 1.40. The number of rotatable bonds is 9. The highest BCUT2D eigenvalue weighted by Crippen LogP contribution is 2.40. The molecule has 15 heteroatoms. The molecule has 3 amide bonds. The van der Waals surface area contributed by atoms with Crippen molar-refractivity contribution in [3.05, 3.63) is 23.4 Å². The molecule has 11 nitrogen and oxygen atoms in total. The Bertz CT molecular complexity index is 878. The van der Waals surface area contributed by atoms with E-state index in [1.807, 2.05) is 14.0 Å². The van der Waals surface area contributed by atoms with Gasteiger partial charge in [0.1, 0.15) is 17.1 Å². The largest absolute Gasteiger partial charge is 0.490 e. The second kappa shape index (κ2) is 11.2. The second-order valence-corrected chi connectivity index (χ2v) is 8.40. The van der Waals surface area contributed by atoms with Gasteiger partial charge in [0.25, 0.3) is 11.8 Å². The van der Waals surface area contributed by atoms with Gasteiger partial charge in [0.05, 0.1) is 20.1 Å². The second-order valence-electron chi connectivity index (χ2n) is 7.30. The van der Waals surface area contributed by atoms with E-state index in [4.69, 9.17) is 15.6 Å². The Morgan fingerprint density at radius 3 is 2.33 bits per heavy atom. The van der Waals surface area contributed by atoms with E-state index < -0.39 is 41.3 Å². The summed E-state index contributed by atoms with van der Waals surface area (Å²) in [7, 11) is 1.89. The van der Waals surface area contributed by atoms with Gasteiger partial charge in [-0.15, -0.1) is 11.8 Å². The van der Waals surface area contributed by atoms with Crippen LogP contribution >= 0.6 is 11.8 Å². The highest BCUT2D eigenvalue weighted by molar-refractivity contribution is 8.00. The first-order chi connectivity index (χ1) is 15.2. The van der Waals surface area contributed by atoms with Crippen molar-refractivity contribution < 1.29 is 51.8 Å². The topological polar surface area (TPSA) is 167 Å². The number of alkyl halides is 3. The zero-order valence-corrected chi connectivity index (χ0v) is 18.5. The molecule has 5 N–H and O–H groups in total. The van der Waals surface area contributed by atoms with Gasteiger partial charge in [-0.3, -0.25) is 19.3 Å². The first-order valence-corrected chi connectivity index (χ1v) is 10.4. The van der Waals surface area contributed by atoms with Crippen LogP contribution in [0.5, 0.6) is 0 Å². The van der Waals surface area contributed by atoms with Crippen molar-refractivity contribution in [3.8, 4) is 0 Å². The minimum atomic E-state index is -5.08. The lowest BCUT2D eigenvalue weighted by molar-refractivity contribution is -0.894. The van der Waals surface area contributed by atoms with Gasteiger partial charge in [-0.05, 0) is 18.6 Å². The number of primary amides is 1. The van der Waals surface area contributed by atoms with Crippen molar-refractivity contribution in [2.24, 2.45) is 5.73 Å². The Morgan fingerprint density at radius 1 is 1.33 bits per heavy atom. The molecule has 0 spiro atoms. The van der Waals surface area contributed by atoms with Crippen molar-refractivity contribution in [2.45, 2.75) is 24.5 Å². The Morgan fingerprint density at radius 2 is 1.91 bits per heavy atom. The maximum Gasteiger partial charge on any atom is 0.490 e. The predicted octanol–water partition coefficient (Wildman–Crippen LogP) is -0.504. The highest BCUT2D eigenvalue weighted by Gasteiger charge is 2.53. The molecule has 0 radical (unpaired) electrons. The van der Waals surface area contributed by atoms with Gasteiger partial charge in [0.15, 0.2) is 6.54 Å².